The Kier molecular flexibility index (Phi) is 1.98. The van der Waals surface area contributed by atoms with Gasteiger partial charge >= 0.3 is 0 Å². The van der Waals surface area contributed by atoms with Crippen LogP contribution in [0.1, 0.15) is 16.7 Å². The van der Waals surface area contributed by atoms with Crippen LogP contribution in [0, 0.1) is 0 Å². The van der Waals surface area contributed by atoms with Crippen LogP contribution in [0.4, 0.5) is 0 Å². The second-order valence-electron chi connectivity index (χ2n) is 6.54. The summed E-state index contributed by atoms with van der Waals surface area (Å²) >= 11 is 0. The van der Waals surface area contributed by atoms with Crippen LogP contribution in [0.25, 0.3) is 50.5 Å². The Hall–Kier alpha value is -2.86. The van der Waals surface area contributed by atoms with Gasteiger partial charge in [-0.05, 0) is 60.6 Å². The van der Waals surface area contributed by atoms with Gasteiger partial charge in [-0.2, -0.15) is 0 Å². The highest BCUT2D eigenvalue weighted by molar-refractivity contribution is 6.25. The maximum Gasteiger partial charge on any atom is -0.00235 e. The van der Waals surface area contributed by atoms with Crippen LogP contribution in [0.2, 0.25) is 0 Å². The molecule has 0 bridgehead atoms. The number of hydrogen-bond donors (Lipinski definition) is 0. The van der Waals surface area contributed by atoms with Crippen LogP contribution < -0.4 is 5.22 Å². The highest BCUT2D eigenvalue weighted by Gasteiger charge is 2.18. The van der Waals surface area contributed by atoms with Crippen LogP contribution in [0.3, 0.4) is 0 Å². The van der Waals surface area contributed by atoms with E-state index < -0.39 is 0 Å². The molecule has 0 fully saturated rings. The van der Waals surface area contributed by atoms with Crippen molar-refractivity contribution in [2.24, 2.45) is 0 Å². The molecular formula is C23H14. The van der Waals surface area contributed by atoms with Gasteiger partial charge in [-0.3, -0.25) is 0 Å². The maximum atomic E-state index is 2.31. The molecule has 0 heteroatoms. The molecule has 0 saturated heterocycles. The third kappa shape index (κ3) is 1.33. The molecule has 2 aliphatic carbocycles. The zero-order valence-corrected chi connectivity index (χ0v) is 12.6. The lowest BCUT2D eigenvalue weighted by atomic mass is 9.84. The van der Waals surface area contributed by atoms with Crippen molar-refractivity contribution >= 4 is 50.5 Å². The van der Waals surface area contributed by atoms with Gasteiger partial charge < -0.3 is 0 Å². The maximum absolute atomic E-state index is 2.31. The molecule has 0 heterocycles. The molecule has 4 aromatic rings. The van der Waals surface area contributed by atoms with E-state index in [0.29, 0.717) is 0 Å². The zero-order chi connectivity index (χ0) is 15.0. The molecule has 0 nitrogen and oxygen atoms in total. The van der Waals surface area contributed by atoms with Crippen molar-refractivity contribution in [3.8, 4) is 0 Å². The van der Waals surface area contributed by atoms with E-state index >= 15 is 0 Å². The Bertz CT molecular complexity index is 1270. The predicted molar refractivity (Wildman–Crippen MR) is 100 cm³/mol. The molecule has 0 amide bonds. The Balaban J connectivity index is 2.06. The average Bonchev–Trinajstić information content (AvgIpc) is 3.09. The fourth-order valence-corrected chi connectivity index (χ4v) is 4.47. The molecule has 0 unspecified atom stereocenters. The smallest absolute Gasteiger partial charge is 0.00235 e. The van der Waals surface area contributed by atoms with E-state index in [0.717, 1.165) is 6.42 Å². The molecule has 2 aliphatic rings. The molecule has 0 N–H and O–H groups in total. The summed E-state index contributed by atoms with van der Waals surface area (Å²) in [6, 6.07) is 15.8. The summed E-state index contributed by atoms with van der Waals surface area (Å²) in [5.74, 6) is 0. The summed E-state index contributed by atoms with van der Waals surface area (Å²) in [6.07, 6.45) is 12.3. The fourth-order valence-electron chi connectivity index (χ4n) is 4.47. The lowest BCUT2D eigenvalue weighted by molar-refractivity contribution is 1.32. The number of hydrogen-bond acceptors (Lipinski definition) is 0. The molecule has 0 aromatic heterocycles. The summed E-state index contributed by atoms with van der Waals surface area (Å²) in [6.45, 7) is 0. The largest absolute Gasteiger partial charge is 0.0795 e. The first-order chi connectivity index (χ1) is 11.4. The van der Waals surface area contributed by atoms with E-state index in [2.05, 4.69) is 72.8 Å². The van der Waals surface area contributed by atoms with Crippen molar-refractivity contribution in [2.75, 3.05) is 0 Å². The Morgan fingerprint density at radius 3 is 2.61 bits per heavy atom. The van der Waals surface area contributed by atoms with Gasteiger partial charge in [-0.15, -0.1) is 0 Å². The zero-order valence-electron chi connectivity index (χ0n) is 12.6. The molecule has 0 spiro atoms. The van der Waals surface area contributed by atoms with E-state index in [1.807, 2.05) is 0 Å². The highest BCUT2D eigenvalue weighted by atomic mass is 14.2. The third-order valence-corrected chi connectivity index (χ3v) is 5.41. The van der Waals surface area contributed by atoms with Crippen LogP contribution in [-0.4, -0.2) is 0 Å². The summed E-state index contributed by atoms with van der Waals surface area (Å²) in [4.78, 5) is 0. The van der Waals surface area contributed by atoms with Crippen molar-refractivity contribution in [3.05, 3.63) is 76.5 Å². The van der Waals surface area contributed by atoms with Crippen LogP contribution in [-0.2, 0) is 6.42 Å². The van der Waals surface area contributed by atoms with Gasteiger partial charge in [0, 0.05) is 0 Å². The van der Waals surface area contributed by atoms with Gasteiger partial charge in [0.15, 0.2) is 0 Å². The highest BCUT2D eigenvalue weighted by Crippen LogP contribution is 2.40. The van der Waals surface area contributed by atoms with E-state index in [9.17, 15) is 0 Å². The second kappa shape index (κ2) is 3.91. The van der Waals surface area contributed by atoms with Crippen molar-refractivity contribution in [2.45, 2.75) is 6.42 Å². The molecule has 4 aromatic carbocycles. The lowest BCUT2D eigenvalue weighted by Gasteiger charge is -2.20. The number of benzene rings is 4. The van der Waals surface area contributed by atoms with Crippen molar-refractivity contribution in [1.29, 1.82) is 0 Å². The first kappa shape index (κ1) is 11.7. The quantitative estimate of drug-likeness (QED) is 0.307. The normalized spacial score (nSPS) is 14.8. The standard InChI is InChI=1S/C23H14/c1-4-14-12-13-19-18-8-2-5-15-10-11-16-6-3-9-20(22(16)21(15)18)23(19)17(14)7-1/h1-8,10-13H,9H2. The Morgan fingerprint density at radius 2 is 1.61 bits per heavy atom. The monoisotopic (exact) mass is 290 g/mol. The first-order valence-electron chi connectivity index (χ1n) is 8.19. The number of allylic oxidation sites excluding steroid dienone is 2. The van der Waals surface area contributed by atoms with Crippen molar-refractivity contribution in [3.63, 3.8) is 0 Å². The molecule has 106 valence electrons. The minimum Gasteiger partial charge on any atom is -0.0795 e. The van der Waals surface area contributed by atoms with Crippen LogP contribution in [0.15, 0.2) is 54.6 Å². The predicted octanol–water partition coefficient (Wildman–Crippen LogP) is 5.24. The van der Waals surface area contributed by atoms with Crippen LogP contribution >= 0.6 is 0 Å². The van der Waals surface area contributed by atoms with Gasteiger partial charge in [0.2, 0.25) is 0 Å². The minimum absolute atomic E-state index is 1.03. The van der Waals surface area contributed by atoms with Crippen molar-refractivity contribution in [1.82, 2.24) is 0 Å². The summed E-state index contributed by atoms with van der Waals surface area (Å²) in [7, 11) is 0. The minimum atomic E-state index is 1.03. The van der Waals surface area contributed by atoms with Gasteiger partial charge in [-0.25, -0.2) is 0 Å². The van der Waals surface area contributed by atoms with Gasteiger partial charge in [-0.1, -0.05) is 72.8 Å². The molecule has 0 atom stereocenters. The summed E-state index contributed by atoms with van der Waals surface area (Å²) in [5, 5.41) is 9.86. The van der Waals surface area contributed by atoms with Gasteiger partial charge in [0.25, 0.3) is 0 Å². The van der Waals surface area contributed by atoms with Gasteiger partial charge in [0.1, 0.15) is 0 Å². The van der Waals surface area contributed by atoms with Gasteiger partial charge in [0.05, 0.1) is 0 Å². The first-order valence-corrected chi connectivity index (χ1v) is 8.19. The third-order valence-electron chi connectivity index (χ3n) is 5.41. The van der Waals surface area contributed by atoms with Crippen molar-refractivity contribution < 1.29 is 0 Å². The number of fused-ring (bicyclic) bond motifs is 5. The molecule has 0 aliphatic heterocycles. The SMILES string of the molecule is C1=Cc2ccc3c(c4c5c(ccc6cccc3c65)C=CC4)c2=C1. The molecule has 6 rings (SSSR count). The Labute approximate surface area is 134 Å². The molecule has 0 radical (unpaired) electrons. The summed E-state index contributed by atoms with van der Waals surface area (Å²) in [5.41, 5.74) is 4.21. The summed E-state index contributed by atoms with van der Waals surface area (Å²) < 4.78 is 0. The van der Waals surface area contributed by atoms with E-state index in [1.165, 1.54) is 54.2 Å². The van der Waals surface area contributed by atoms with E-state index in [1.54, 1.807) is 0 Å². The molecular weight excluding hydrogens is 276 g/mol. The number of rotatable bonds is 0. The van der Waals surface area contributed by atoms with E-state index in [4.69, 9.17) is 0 Å². The van der Waals surface area contributed by atoms with Crippen LogP contribution in [0.5, 0.6) is 0 Å². The van der Waals surface area contributed by atoms with E-state index in [-0.39, 0.29) is 0 Å². The average molecular weight is 290 g/mol. The second-order valence-corrected chi connectivity index (χ2v) is 6.54. The molecule has 0 saturated carbocycles. The lowest BCUT2D eigenvalue weighted by Crippen LogP contribution is -2.09. The molecule has 23 heavy (non-hydrogen) atoms. The topological polar surface area (TPSA) is 0 Å². The Morgan fingerprint density at radius 1 is 0.696 bits per heavy atom. The fraction of sp³-hybridized carbons (Fsp3) is 0.0435.